The van der Waals surface area contributed by atoms with E-state index in [2.05, 4.69) is 20.4 Å². The van der Waals surface area contributed by atoms with Crippen LogP contribution in [0, 0.1) is 13.8 Å². The maximum atomic E-state index is 13.5. The number of carbonyl (C=O) groups excluding carboxylic acids is 1. The van der Waals surface area contributed by atoms with Crippen LogP contribution in [0.3, 0.4) is 0 Å². The van der Waals surface area contributed by atoms with Crippen LogP contribution in [0.4, 0.5) is 13.2 Å². The lowest BCUT2D eigenvalue weighted by Gasteiger charge is -2.29. The Bertz CT molecular complexity index is 1040. The van der Waals surface area contributed by atoms with Crippen LogP contribution < -0.4 is 5.32 Å². The van der Waals surface area contributed by atoms with E-state index in [-0.39, 0.29) is 5.56 Å². The van der Waals surface area contributed by atoms with Gasteiger partial charge in [0, 0.05) is 44.3 Å². The van der Waals surface area contributed by atoms with Gasteiger partial charge in [0.2, 0.25) is 5.60 Å². The maximum Gasteiger partial charge on any atom is 0.424 e. The predicted molar refractivity (Wildman–Crippen MR) is 101 cm³/mol. The number of aliphatic hydroxyl groups is 1. The highest BCUT2D eigenvalue weighted by atomic mass is 19.4. The molecule has 160 valence electrons. The van der Waals surface area contributed by atoms with Gasteiger partial charge >= 0.3 is 6.18 Å². The Morgan fingerprint density at radius 1 is 1.23 bits per heavy atom. The molecule has 0 aliphatic rings. The van der Waals surface area contributed by atoms with Crippen molar-refractivity contribution in [3.8, 4) is 5.82 Å². The molecule has 0 aliphatic carbocycles. The van der Waals surface area contributed by atoms with Crippen LogP contribution in [0.2, 0.25) is 0 Å². The molecule has 0 bridgehead atoms. The molecule has 0 saturated carbocycles. The van der Waals surface area contributed by atoms with Gasteiger partial charge in [-0.15, -0.1) is 0 Å². The van der Waals surface area contributed by atoms with Gasteiger partial charge in [-0.25, -0.2) is 14.6 Å². The second kappa shape index (κ2) is 7.90. The van der Waals surface area contributed by atoms with Gasteiger partial charge in [-0.2, -0.15) is 18.3 Å². The molecular weight excluding hydrogens is 401 g/mol. The highest BCUT2D eigenvalue weighted by molar-refractivity contribution is 5.93. The van der Waals surface area contributed by atoms with E-state index in [1.54, 1.807) is 10.7 Å². The van der Waals surface area contributed by atoms with Gasteiger partial charge in [-0.3, -0.25) is 4.79 Å². The summed E-state index contributed by atoms with van der Waals surface area (Å²) >= 11 is 0. The fourth-order valence-electron chi connectivity index (χ4n) is 3.11. The molecule has 2 N–H and O–H groups in total. The van der Waals surface area contributed by atoms with Gasteiger partial charge in [-0.1, -0.05) is 0 Å². The molecule has 8 nitrogen and oxygen atoms in total. The lowest BCUT2D eigenvalue weighted by molar-refractivity contribution is -0.272. The molecular formula is C19H21F3N6O2. The summed E-state index contributed by atoms with van der Waals surface area (Å²) in [6.45, 7) is 3.30. The van der Waals surface area contributed by atoms with E-state index in [0.717, 1.165) is 16.0 Å². The van der Waals surface area contributed by atoms with Crippen molar-refractivity contribution in [3.05, 3.63) is 59.6 Å². The molecule has 30 heavy (non-hydrogen) atoms. The molecule has 1 amide bonds. The van der Waals surface area contributed by atoms with E-state index < -0.39 is 36.5 Å². The van der Waals surface area contributed by atoms with E-state index in [0.29, 0.717) is 5.82 Å². The zero-order valence-electron chi connectivity index (χ0n) is 16.6. The lowest BCUT2D eigenvalue weighted by atomic mass is 9.97. The number of pyridine rings is 1. The monoisotopic (exact) mass is 422 g/mol. The Balaban J connectivity index is 1.68. The summed E-state index contributed by atoms with van der Waals surface area (Å²) in [5.74, 6) is -0.634. The first kappa shape index (κ1) is 21.5. The number of nitrogens with zero attached hydrogens (tertiary/aromatic N) is 5. The van der Waals surface area contributed by atoms with Crippen molar-refractivity contribution in [3.63, 3.8) is 0 Å². The van der Waals surface area contributed by atoms with Crippen LogP contribution in [-0.4, -0.2) is 48.1 Å². The van der Waals surface area contributed by atoms with Crippen LogP contribution in [0.25, 0.3) is 5.82 Å². The Kier molecular flexibility index (Phi) is 5.66. The van der Waals surface area contributed by atoms with Crippen molar-refractivity contribution in [1.82, 2.24) is 29.6 Å². The summed E-state index contributed by atoms with van der Waals surface area (Å²) in [6, 6.07) is 4.98. The molecule has 0 saturated heterocycles. The molecule has 3 heterocycles. The number of alkyl halides is 3. The second-order valence-electron chi connectivity index (χ2n) is 6.97. The van der Waals surface area contributed by atoms with Crippen molar-refractivity contribution < 1.29 is 23.1 Å². The molecule has 0 aliphatic heterocycles. The molecule has 0 spiro atoms. The van der Waals surface area contributed by atoms with Crippen molar-refractivity contribution >= 4 is 5.91 Å². The number of imidazole rings is 1. The maximum absolute atomic E-state index is 13.5. The first-order chi connectivity index (χ1) is 14.0. The number of rotatable bonds is 6. The Morgan fingerprint density at radius 2 is 1.97 bits per heavy atom. The molecule has 1 unspecified atom stereocenters. The van der Waals surface area contributed by atoms with Crippen molar-refractivity contribution in [2.24, 2.45) is 7.05 Å². The SMILES string of the molecule is Cc1cc(C)n(-c2ccc(C(=O)NCCC(O)(c3nccn3C)C(F)(F)F)cn2)n1. The quantitative estimate of drug-likeness (QED) is 0.635. The van der Waals surface area contributed by atoms with Crippen LogP contribution >= 0.6 is 0 Å². The minimum Gasteiger partial charge on any atom is -0.374 e. The van der Waals surface area contributed by atoms with Crippen LogP contribution in [0.15, 0.2) is 36.8 Å². The average Bonchev–Trinajstić information content (AvgIpc) is 3.25. The Hall–Kier alpha value is -3.21. The number of aryl methyl sites for hydroxylation is 3. The van der Waals surface area contributed by atoms with E-state index in [1.165, 1.54) is 31.7 Å². The van der Waals surface area contributed by atoms with E-state index >= 15 is 0 Å². The standard InChI is InChI=1S/C19H21F3N6O2/c1-12-10-13(2)28(26-12)15-5-4-14(11-25-15)16(29)23-7-6-18(30,19(20,21)22)17-24-8-9-27(17)3/h4-5,8-11,30H,6-7H2,1-3H3,(H,23,29). The summed E-state index contributed by atoms with van der Waals surface area (Å²) < 4.78 is 43.2. The number of aromatic nitrogens is 5. The van der Waals surface area contributed by atoms with E-state index in [9.17, 15) is 23.1 Å². The smallest absolute Gasteiger partial charge is 0.374 e. The summed E-state index contributed by atoms with van der Waals surface area (Å²) in [5, 5.41) is 17.0. The van der Waals surface area contributed by atoms with Crippen molar-refractivity contribution in [2.75, 3.05) is 6.54 Å². The van der Waals surface area contributed by atoms with Crippen LogP contribution in [0.5, 0.6) is 0 Å². The second-order valence-corrected chi connectivity index (χ2v) is 6.97. The number of carbonyl (C=O) groups is 1. The molecule has 1 atom stereocenters. The lowest BCUT2D eigenvalue weighted by Crippen LogP contribution is -2.46. The van der Waals surface area contributed by atoms with Crippen molar-refractivity contribution in [1.29, 1.82) is 0 Å². The minimum atomic E-state index is -4.96. The number of hydrogen-bond donors (Lipinski definition) is 2. The Morgan fingerprint density at radius 3 is 2.47 bits per heavy atom. The summed E-state index contributed by atoms with van der Waals surface area (Å²) in [5.41, 5.74) is -1.32. The van der Waals surface area contributed by atoms with Crippen LogP contribution in [-0.2, 0) is 12.6 Å². The largest absolute Gasteiger partial charge is 0.424 e. The molecule has 0 aromatic carbocycles. The third kappa shape index (κ3) is 4.06. The zero-order valence-corrected chi connectivity index (χ0v) is 16.6. The van der Waals surface area contributed by atoms with Gasteiger partial charge in [0.05, 0.1) is 11.3 Å². The molecule has 11 heteroatoms. The van der Waals surface area contributed by atoms with Gasteiger partial charge in [0.15, 0.2) is 5.82 Å². The van der Waals surface area contributed by atoms with Gasteiger partial charge < -0.3 is 15.0 Å². The van der Waals surface area contributed by atoms with Crippen LogP contribution in [0.1, 0.15) is 34.0 Å². The molecule has 0 fully saturated rings. The topological polar surface area (TPSA) is 97.9 Å². The number of nitrogens with one attached hydrogen (secondary N) is 1. The first-order valence-corrected chi connectivity index (χ1v) is 9.08. The fraction of sp³-hybridized carbons (Fsp3) is 0.368. The third-order valence-corrected chi connectivity index (χ3v) is 4.67. The molecule has 3 aromatic rings. The fourth-order valence-corrected chi connectivity index (χ4v) is 3.11. The Labute approximate surface area is 170 Å². The normalized spacial score (nSPS) is 13.8. The average molecular weight is 422 g/mol. The number of amides is 1. The third-order valence-electron chi connectivity index (χ3n) is 4.67. The van der Waals surface area contributed by atoms with E-state index in [4.69, 9.17) is 0 Å². The molecule has 3 aromatic heterocycles. The highest BCUT2D eigenvalue weighted by Gasteiger charge is 2.57. The summed E-state index contributed by atoms with van der Waals surface area (Å²) in [7, 11) is 1.35. The summed E-state index contributed by atoms with van der Waals surface area (Å²) in [4.78, 5) is 20.1. The molecule has 3 rings (SSSR count). The number of hydrogen-bond acceptors (Lipinski definition) is 5. The van der Waals surface area contributed by atoms with E-state index in [1.807, 2.05) is 19.9 Å². The first-order valence-electron chi connectivity index (χ1n) is 9.08. The summed E-state index contributed by atoms with van der Waals surface area (Å²) in [6.07, 6.45) is -1.96. The zero-order chi connectivity index (χ0) is 22.1. The van der Waals surface area contributed by atoms with Crippen molar-refractivity contribution in [2.45, 2.75) is 32.0 Å². The van der Waals surface area contributed by atoms with Gasteiger partial charge in [0.25, 0.3) is 5.91 Å². The number of halogens is 3. The predicted octanol–water partition coefficient (Wildman–Crippen LogP) is 2.19. The van der Waals surface area contributed by atoms with Gasteiger partial charge in [-0.05, 0) is 32.0 Å². The highest BCUT2D eigenvalue weighted by Crippen LogP contribution is 2.40. The van der Waals surface area contributed by atoms with Gasteiger partial charge in [0.1, 0.15) is 5.82 Å². The minimum absolute atomic E-state index is 0.174. The molecule has 0 radical (unpaired) electrons.